The second-order valence-electron chi connectivity index (χ2n) is 7.80. The van der Waals surface area contributed by atoms with E-state index in [1.165, 1.54) is 18.7 Å². The first kappa shape index (κ1) is 22.7. The third-order valence-corrected chi connectivity index (χ3v) is 6.33. The number of allylic oxidation sites excluding steroid dienone is 1. The molecule has 0 saturated heterocycles. The summed E-state index contributed by atoms with van der Waals surface area (Å²) >= 11 is 1.22. The summed E-state index contributed by atoms with van der Waals surface area (Å²) in [4.78, 5) is 24.8. The second kappa shape index (κ2) is 9.67. The quantitative estimate of drug-likeness (QED) is 0.216. The molecule has 1 amide bonds. The van der Waals surface area contributed by atoms with Gasteiger partial charge in [-0.1, -0.05) is 42.1 Å². The number of rotatable bonds is 8. The van der Waals surface area contributed by atoms with Gasteiger partial charge >= 0.3 is 0 Å². The van der Waals surface area contributed by atoms with E-state index in [1.54, 1.807) is 24.3 Å². The number of carbonyl (C=O) groups is 2. The van der Waals surface area contributed by atoms with Crippen LogP contribution in [0, 0.1) is 0 Å². The first-order valence-electron chi connectivity index (χ1n) is 10.9. The molecule has 35 heavy (non-hydrogen) atoms. The third kappa shape index (κ3) is 4.52. The number of carbonyl (C=O) groups excluding carboxylic acids is 2. The molecule has 0 bridgehead atoms. The Bertz CT molecular complexity index is 1430. The average molecular weight is 491 g/mol. The zero-order chi connectivity index (χ0) is 24.4. The zero-order valence-corrected chi connectivity index (χ0v) is 19.7. The molecule has 1 aliphatic heterocycles. The first-order valence-corrected chi connectivity index (χ1v) is 11.9. The van der Waals surface area contributed by atoms with Crippen LogP contribution in [-0.4, -0.2) is 38.8 Å². The van der Waals surface area contributed by atoms with Gasteiger partial charge in [-0.25, -0.2) is 0 Å². The average Bonchev–Trinajstić information content (AvgIpc) is 3.44. The molecule has 0 spiro atoms. The number of nitrogens with zero attached hydrogens (tertiary/aromatic N) is 3. The maximum absolute atomic E-state index is 12.8. The van der Waals surface area contributed by atoms with Crippen LogP contribution in [0.25, 0.3) is 11.0 Å². The molecule has 1 N–H and O–H groups in total. The number of nitrogens with one attached hydrogen (secondary N) is 1. The van der Waals surface area contributed by atoms with Gasteiger partial charge in [-0.2, -0.15) is 0 Å². The highest BCUT2D eigenvalue weighted by molar-refractivity contribution is 7.99. The van der Waals surface area contributed by atoms with Crippen molar-refractivity contribution in [3.05, 3.63) is 72.8 Å². The molecule has 10 heteroatoms. The molecule has 178 valence electrons. The highest BCUT2D eigenvalue weighted by Gasteiger charge is 2.28. The van der Waals surface area contributed by atoms with Crippen LogP contribution in [0.15, 0.2) is 70.8 Å². The lowest BCUT2D eigenvalue weighted by Crippen LogP contribution is -2.25. The Kier molecular flexibility index (Phi) is 6.28. The molecular formula is C25H22N4O5S. The van der Waals surface area contributed by atoms with Crippen LogP contribution in [0.3, 0.4) is 0 Å². The van der Waals surface area contributed by atoms with Gasteiger partial charge in [0.25, 0.3) is 0 Å². The number of ketones is 1. The van der Waals surface area contributed by atoms with Crippen molar-refractivity contribution >= 4 is 40.1 Å². The van der Waals surface area contributed by atoms with Gasteiger partial charge in [0, 0.05) is 18.9 Å². The van der Waals surface area contributed by atoms with E-state index in [4.69, 9.17) is 13.9 Å². The minimum absolute atomic E-state index is 0.0526. The van der Waals surface area contributed by atoms with E-state index in [0.717, 1.165) is 0 Å². The molecule has 2 aromatic carbocycles. The fraction of sp³-hybridized carbons (Fsp3) is 0.200. The van der Waals surface area contributed by atoms with Gasteiger partial charge in [0.15, 0.2) is 40.1 Å². The molecule has 0 aliphatic carbocycles. The van der Waals surface area contributed by atoms with Gasteiger partial charge in [-0.15, -0.1) is 16.8 Å². The van der Waals surface area contributed by atoms with E-state index in [9.17, 15) is 9.59 Å². The Morgan fingerprint density at radius 3 is 2.74 bits per heavy atom. The van der Waals surface area contributed by atoms with E-state index < -0.39 is 6.10 Å². The van der Waals surface area contributed by atoms with E-state index in [0.29, 0.717) is 52.3 Å². The van der Waals surface area contributed by atoms with Crippen molar-refractivity contribution in [2.45, 2.75) is 24.7 Å². The van der Waals surface area contributed by atoms with Gasteiger partial charge in [0.05, 0.1) is 11.4 Å². The maximum Gasteiger partial charge on any atom is 0.234 e. The van der Waals surface area contributed by atoms with Gasteiger partial charge in [0.2, 0.25) is 5.91 Å². The second-order valence-corrected chi connectivity index (χ2v) is 8.74. The summed E-state index contributed by atoms with van der Waals surface area (Å²) in [6.07, 6.45) is 1.28. The number of hydrogen-bond acceptors (Lipinski definition) is 8. The van der Waals surface area contributed by atoms with Gasteiger partial charge < -0.3 is 19.2 Å². The van der Waals surface area contributed by atoms with Crippen LogP contribution >= 0.6 is 11.8 Å². The van der Waals surface area contributed by atoms with Crippen molar-refractivity contribution in [1.82, 2.24) is 14.8 Å². The molecule has 0 fully saturated rings. The monoisotopic (exact) mass is 490 g/mol. The number of amides is 1. The molecule has 3 heterocycles. The molecule has 9 nitrogen and oxygen atoms in total. The molecule has 0 unspecified atom stereocenters. The summed E-state index contributed by atoms with van der Waals surface area (Å²) in [6, 6.07) is 14.6. The maximum atomic E-state index is 12.8. The van der Waals surface area contributed by atoms with E-state index in [-0.39, 0.29) is 23.2 Å². The van der Waals surface area contributed by atoms with Crippen molar-refractivity contribution in [2.75, 3.05) is 17.7 Å². The summed E-state index contributed by atoms with van der Waals surface area (Å²) in [5.74, 6) is 1.51. The Morgan fingerprint density at radius 1 is 1.17 bits per heavy atom. The number of hydrogen-bond donors (Lipinski definition) is 1. The first-order chi connectivity index (χ1) is 17.0. The minimum atomic E-state index is -0.448. The number of benzene rings is 2. The number of anilines is 1. The zero-order valence-electron chi connectivity index (χ0n) is 18.9. The fourth-order valence-electron chi connectivity index (χ4n) is 3.82. The van der Waals surface area contributed by atoms with E-state index in [1.807, 2.05) is 34.9 Å². The van der Waals surface area contributed by atoms with Crippen LogP contribution in [-0.2, 0) is 11.3 Å². The van der Waals surface area contributed by atoms with Gasteiger partial charge in [-0.3, -0.25) is 14.2 Å². The summed E-state index contributed by atoms with van der Waals surface area (Å²) in [6.45, 7) is 5.95. The van der Waals surface area contributed by atoms with Crippen molar-refractivity contribution in [2.24, 2.45) is 0 Å². The predicted octanol–water partition coefficient (Wildman–Crippen LogP) is 4.66. The standard InChI is InChI=1S/C25H22N4O5S/c1-3-12-29-24(20-13-32-18-10-6-7-11-19(18)33-20)27-28-25(29)35-14-21(31)26-22-16-8-4-5-9-17(16)34-23(22)15(2)30/h3-11,20H,1,12-14H2,2H3,(H,26,31)/t20-/m0/s1. The Balaban J connectivity index is 1.32. The lowest BCUT2D eigenvalue weighted by molar-refractivity contribution is -0.113. The van der Waals surface area contributed by atoms with Crippen LogP contribution in [0.4, 0.5) is 5.69 Å². The van der Waals surface area contributed by atoms with E-state index >= 15 is 0 Å². The molecule has 1 atom stereocenters. The molecule has 5 rings (SSSR count). The van der Waals surface area contributed by atoms with Crippen LogP contribution in [0.1, 0.15) is 29.4 Å². The molecule has 2 aromatic heterocycles. The number of Topliss-reactive ketones (excluding diaryl/α,β-unsaturated/α-hetero) is 1. The van der Waals surface area contributed by atoms with Crippen molar-refractivity contribution < 1.29 is 23.5 Å². The number of thioether (sulfide) groups is 1. The number of fused-ring (bicyclic) bond motifs is 2. The number of furan rings is 1. The van der Waals surface area contributed by atoms with Crippen molar-refractivity contribution in [3.63, 3.8) is 0 Å². The Labute approximate surface area is 205 Å². The lowest BCUT2D eigenvalue weighted by Gasteiger charge is -2.26. The van der Waals surface area contributed by atoms with Gasteiger partial charge in [0.1, 0.15) is 12.2 Å². The third-order valence-electron chi connectivity index (χ3n) is 5.37. The summed E-state index contributed by atoms with van der Waals surface area (Å²) < 4.78 is 19.4. The molecule has 4 aromatic rings. The van der Waals surface area contributed by atoms with E-state index in [2.05, 4.69) is 22.1 Å². The molecular weight excluding hydrogens is 468 g/mol. The molecule has 1 aliphatic rings. The van der Waals surface area contributed by atoms with Crippen LogP contribution < -0.4 is 14.8 Å². The topological polar surface area (TPSA) is 108 Å². The highest BCUT2D eigenvalue weighted by atomic mass is 32.2. The Hall–Kier alpha value is -4.05. The van der Waals surface area contributed by atoms with Crippen molar-refractivity contribution in [1.29, 1.82) is 0 Å². The number of aromatic nitrogens is 3. The summed E-state index contributed by atoms with van der Waals surface area (Å²) in [5.41, 5.74) is 0.908. The summed E-state index contributed by atoms with van der Waals surface area (Å²) in [5, 5.41) is 12.6. The smallest absolute Gasteiger partial charge is 0.234 e. The summed E-state index contributed by atoms with van der Waals surface area (Å²) in [7, 11) is 0. The molecule has 0 saturated carbocycles. The SMILES string of the molecule is C=CCn1c(SCC(=O)Nc2c(C(C)=O)oc3ccccc23)nnc1[C@@H]1COc2ccccc2O1. The molecule has 0 radical (unpaired) electrons. The lowest BCUT2D eigenvalue weighted by atomic mass is 10.2. The largest absolute Gasteiger partial charge is 0.485 e. The predicted molar refractivity (Wildman–Crippen MR) is 131 cm³/mol. The van der Waals surface area contributed by atoms with Gasteiger partial charge in [-0.05, 0) is 24.3 Å². The van der Waals surface area contributed by atoms with Crippen LogP contribution in [0.2, 0.25) is 0 Å². The van der Waals surface area contributed by atoms with Crippen LogP contribution in [0.5, 0.6) is 11.5 Å². The Morgan fingerprint density at radius 2 is 1.94 bits per heavy atom. The minimum Gasteiger partial charge on any atom is -0.485 e. The fourth-order valence-corrected chi connectivity index (χ4v) is 4.57. The highest BCUT2D eigenvalue weighted by Crippen LogP contribution is 2.36. The number of ether oxygens (including phenoxy) is 2. The van der Waals surface area contributed by atoms with Crippen molar-refractivity contribution in [3.8, 4) is 11.5 Å². The normalized spacial score (nSPS) is 14.6. The number of para-hydroxylation sites is 3.